The van der Waals surface area contributed by atoms with E-state index in [0.29, 0.717) is 11.6 Å². The molecule has 0 spiro atoms. The third-order valence-electron chi connectivity index (χ3n) is 4.10. The summed E-state index contributed by atoms with van der Waals surface area (Å²) in [6.45, 7) is 2.36. The van der Waals surface area contributed by atoms with Crippen molar-refractivity contribution in [1.29, 1.82) is 0 Å². The Bertz CT molecular complexity index is 800. The number of aryl methyl sites for hydroxylation is 1. The van der Waals surface area contributed by atoms with E-state index >= 15 is 0 Å². The van der Waals surface area contributed by atoms with Crippen LogP contribution in [-0.2, 0) is 9.59 Å². The topological polar surface area (TPSA) is 61.8 Å². The molecule has 2 amide bonds. The summed E-state index contributed by atoms with van der Waals surface area (Å²) in [4.78, 5) is 26.1. The maximum Gasteiger partial charge on any atom is 0.245 e. The third kappa shape index (κ3) is 4.25. The molecule has 0 saturated carbocycles. The van der Waals surface area contributed by atoms with Crippen molar-refractivity contribution < 1.29 is 9.59 Å². The Morgan fingerprint density at radius 3 is 2.56 bits per heavy atom. The van der Waals surface area contributed by atoms with Crippen LogP contribution in [0.3, 0.4) is 0 Å². The molecule has 2 aromatic carbocycles. The monoisotopic (exact) mass is 355 g/mol. The molecule has 1 fully saturated rings. The van der Waals surface area contributed by atoms with Gasteiger partial charge in [-0.25, -0.2) is 5.43 Å². The molecule has 1 aliphatic rings. The first-order chi connectivity index (χ1) is 12.0. The maximum atomic E-state index is 12.2. The zero-order chi connectivity index (χ0) is 17.8. The van der Waals surface area contributed by atoms with Crippen molar-refractivity contribution in [2.24, 2.45) is 11.0 Å². The van der Waals surface area contributed by atoms with Gasteiger partial charge in [0.25, 0.3) is 0 Å². The second kappa shape index (κ2) is 7.49. The number of hydrogen-bond acceptors (Lipinski definition) is 3. The van der Waals surface area contributed by atoms with Crippen LogP contribution >= 0.6 is 11.6 Å². The number of halogens is 1. The van der Waals surface area contributed by atoms with E-state index in [9.17, 15) is 9.59 Å². The number of benzene rings is 2. The van der Waals surface area contributed by atoms with Gasteiger partial charge >= 0.3 is 0 Å². The van der Waals surface area contributed by atoms with Crippen LogP contribution in [0, 0.1) is 12.8 Å². The van der Waals surface area contributed by atoms with E-state index < -0.39 is 5.92 Å². The lowest BCUT2D eigenvalue weighted by atomic mass is 10.1. The third-order valence-corrected chi connectivity index (χ3v) is 4.35. The zero-order valence-electron chi connectivity index (χ0n) is 13.8. The van der Waals surface area contributed by atoms with Crippen molar-refractivity contribution in [3.63, 3.8) is 0 Å². The summed E-state index contributed by atoms with van der Waals surface area (Å²) in [5.74, 6) is -0.713. The van der Waals surface area contributed by atoms with Crippen molar-refractivity contribution in [2.45, 2.75) is 13.3 Å². The van der Waals surface area contributed by atoms with Gasteiger partial charge in [-0.15, -0.1) is 0 Å². The highest BCUT2D eigenvalue weighted by Crippen LogP contribution is 2.25. The van der Waals surface area contributed by atoms with E-state index in [0.717, 1.165) is 16.8 Å². The van der Waals surface area contributed by atoms with Gasteiger partial charge in [-0.2, -0.15) is 5.10 Å². The Balaban J connectivity index is 1.59. The normalized spacial score (nSPS) is 17.3. The number of anilines is 1. The number of hydrogen-bond donors (Lipinski definition) is 1. The van der Waals surface area contributed by atoms with E-state index in [1.165, 1.54) is 0 Å². The second-order valence-electron chi connectivity index (χ2n) is 6.03. The van der Waals surface area contributed by atoms with Gasteiger partial charge in [0.1, 0.15) is 0 Å². The molecule has 6 heteroatoms. The first kappa shape index (κ1) is 17.2. The summed E-state index contributed by atoms with van der Waals surface area (Å²) in [5.41, 5.74) is 5.28. The van der Waals surface area contributed by atoms with Gasteiger partial charge in [0.15, 0.2) is 0 Å². The maximum absolute atomic E-state index is 12.2. The molecule has 25 heavy (non-hydrogen) atoms. The van der Waals surface area contributed by atoms with Gasteiger partial charge in [-0.05, 0) is 36.8 Å². The number of amides is 2. The summed E-state index contributed by atoms with van der Waals surface area (Å²) in [5, 5.41) is 4.59. The summed E-state index contributed by atoms with van der Waals surface area (Å²) in [6.07, 6.45) is 1.74. The molecule has 1 heterocycles. The van der Waals surface area contributed by atoms with Crippen molar-refractivity contribution in [1.82, 2.24) is 5.43 Å². The lowest BCUT2D eigenvalue weighted by Crippen LogP contribution is -2.30. The average Bonchev–Trinajstić information content (AvgIpc) is 2.99. The minimum atomic E-state index is -0.406. The summed E-state index contributed by atoms with van der Waals surface area (Å²) in [6, 6.07) is 14.8. The van der Waals surface area contributed by atoms with Crippen LogP contribution in [0.5, 0.6) is 0 Å². The van der Waals surface area contributed by atoms with E-state index in [2.05, 4.69) is 10.5 Å². The fourth-order valence-electron chi connectivity index (χ4n) is 2.67. The minimum absolute atomic E-state index is 0.0503. The quantitative estimate of drug-likeness (QED) is 0.676. The molecule has 1 atom stereocenters. The molecule has 5 nitrogen and oxygen atoms in total. The van der Waals surface area contributed by atoms with Crippen molar-refractivity contribution in [3.05, 3.63) is 64.7 Å². The van der Waals surface area contributed by atoms with Crippen LogP contribution in [0.2, 0.25) is 5.02 Å². The number of nitrogens with zero attached hydrogens (tertiary/aromatic N) is 2. The molecule has 0 radical (unpaired) electrons. The molecule has 1 unspecified atom stereocenters. The molecular formula is C19H18ClN3O2. The molecule has 3 rings (SSSR count). The standard InChI is InChI=1S/C19H18ClN3O2/c1-13-2-8-17(9-3-13)23-12-15(10-18(23)24)19(25)22-21-11-14-4-6-16(20)7-5-14/h2-9,11,15H,10,12H2,1H3,(H,22,25). The first-order valence-electron chi connectivity index (χ1n) is 7.98. The van der Waals surface area contributed by atoms with Crippen LogP contribution in [-0.4, -0.2) is 24.6 Å². The van der Waals surface area contributed by atoms with Crippen molar-refractivity contribution >= 4 is 35.3 Å². The van der Waals surface area contributed by atoms with E-state index in [1.54, 1.807) is 35.4 Å². The molecule has 0 bridgehead atoms. The van der Waals surface area contributed by atoms with Crippen molar-refractivity contribution in [2.75, 3.05) is 11.4 Å². The van der Waals surface area contributed by atoms with Gasteiger partial charge in [0, 0.05) is 23.7 Å². The Kier molecular flexibility index (Phi) is 5.14. The first-order valence-corrected chi connectivity index (χ1v) is 8.36. The minimum Gasteiger partial charge on any atom is -0.312 e. The smallest absolute Gasteiger partial charge is 0.245 e. The summed E-state index contributed by atoms with van der Waals surface area (Å²) in [7, 11) is 0. The van der Waals surface area contributed by atoms with Gasteiger partial charge < -0.3 is 4.90 Å². The summed E-state index contributed by atoms with van der Waals surface area (Å²) >= 11 is 5.82. The molecule has 1 saturated heterocycles. The van der Waals surface area contributed by atoms with E-state index in [1.807, 2.05) is 31.2 Å². The predicted octanol–water partition coefficient (Wildman–Crippen LogP) is 3.15. The van der Waals surface area contributed by atoms with Gasteiger partial charge in [-0.1, -0.05) is 41.4 Å². The highest BCUT2D eigenvalue weighted by atomic mass is 35.5. The molecular weight excluding hydrogens is 338 g/mol. The fourth-order valence-corrected chi connectivity index (χ4v) is 2.79. The van der Waals surface area contributed by atoms with Crippen LogP contribution in [0.15, 0.2) is 53.6 Å². The highest BCUT2D eigenvalue weighted by molar-refractivity contribution is 6.30. The number of carbonyl (C=O) groups excluding carboxylic acids is 2. The molecule has 1 N–H and O–H groups in total. The Morgan fingerprint density at radius 1 is 1.20 bits per heavy atom. The fraction of sp³-hybridized carbons (Fsp3) is 0.211. The van der Waals surface area contributed by atoms with Crippen LogP contribution in [0.25, 0.3) is 0 Å². The van der Waals surface area contributed by atoms with Gasteiger partial charge in [0.2, 0.25) is 11.8 Å². The second-order valence-corrected chi connectivity index (χ2v) is 6.46. The Hall–Kier alpha value is -2.66. The highest BCUT2D eigenvalue weighted by Gasteiger charge is 2.35. The lowest BCUT2D eigenvalue weighted by molar-refractivity contribution is -0.126. The van der Waals surface area contributed by atoms with Crippen molar-refractivity contribution in [3.8, 4) is 0 Å². The SMILES string of the molecule is Cc1ccc(N2CC(C(=O)NN=Cc3ccc(Cl)cc3)CC2=O)cc1. The molecule has 0 aliphatic carbocycles. The number of rotatable bonds is 4. The average molecular weight is 356 g/mol. The Morgan fingerprint density at radius 2 is 1.88 bits per heavy atom. The molecule has 128 valence electrons. The van der Waals surface area contributed by atoms with E-state index in [4.69, 9.17) is 11.6 Å². The molecule has 2 aromatic rings. The number of hydrazone groups is 1. The van der Waals surface area contributed by atoms with Gasteiger partial charge in [-0.3, -0.25) is 9.59 Å². The van der Waals surface area contributed by atoms with Gasteiger partial charge in [0.05, 0.1) is 12.1 Å². The predicted molar refractivity (Wildman–Crippen MR) is 98.8 cm³/mol. The number of nitrogens with one attached hydrogen (secondary N) is 1. The molecule has 0 aromatic heterocycles. The largest absolute Gasteiger partial charge is 0.312 e. The lowest BCUT2D eigenvalue weighted by Gasteiger charge is -2.16. The van der Waals surface area contributed by atoms with Crippen LogP contribution in [0.1, 0.15) is 17.5 Å². The zero-order valence-corrected chi connectivity index (χ0v) is 14.5. The summed E-state index contributed by atoms with van der Waals surface area (Å²) < 4.78 is 0. The number of carbonyl (C=O) groups is 2. The molecule has 1 aliphatic heterocycles. The van der Waals surface area contributed by atoms with Crippen LogP contribution in [0.4, 0.5) is 5.69 Å². The van der Waals surface area contributed by atoms with Crippen LogP contribution < -0.4 is 10.3 Å². The Labute approximate surface area is 151 Å². The van der Waals surface area contributed by atoms with E-state index in [-0.39, 0.29) is 18.2 Å².